The molecule has 1 fully saturated rings. The predicted molar refractivity (Wildman–Crippen MR) is 104 cm³/mol. The van der Waals surface area contributed by atoms with Crippen LogP contribution in [0, 0.1) is 0 Å². The summed E-state index contributed by atoms with van der Waals surface area (Å²) < 4.78 is 39.7. The molecule has 150 valence electrons. The second-order valence-corrected chi connectivity index (χ2v) is 7.49. The van der Waals surface area contributed by atoms with Gasteiger partial charge in [-0.1, -0.05) is 36.4 Å². The minimum absolute atomic E-state index is 0.377. The van der Waals surface area contributed by atoms with E-state index in [9.17, 15) is 18.3 Å². The highest BCUT2D eigenvalue weighted by molar-refractivity contribution is 6.07. The van der Waals surface area contributed by atoms with Gasteiger partial charge in [0.15, 0.2) is 0 Å². The number of nitrogens with zero attached hydrogens (tertiary/aromatic N) is 3. The van der Waals surface area contributed by atoms with Crippen molar-refractivity contribution >= 4 is 21.8 Å². The molecule has 0 amide bonds. The molecule has 1 saturated heterocycles. The first kappa shape index (κ1) is 19.2. The van der Waals surface area contributed by atoms with Crippen LogP contribution in [0.3, 0.4) is 0 Å². The van der Waals surface area contributed by atoms with Crippen LogP contribution < -0.4 is 0 Å². The molecule has 1 aromatic heterocycles. The van der Waals surface area contributed by atoms with Gasteiger partial charge in [0.25, 0.3) is 0 Å². The maximum absolute atomic E-state index is 12.5. The summed E-state index contributed by atoms with van der Waals surface area (Å²) in [7, 11) is 0. The minimum atomic E-state index is -4.15. The number of piperazine rings is 1. The van der Waals surface area contributed by atoms with Crippen LogP contribution in [-0.4, -0.2) is 71.0 Å². The number of rotatable bonds is 5. The maximum atomic E-state index is 12.5. The average molecular weight is 391 g/mol. The lowest BCUT2D eigenvalue weighted by Gasteiger charge is -2.35. The topological polar surface area (TPSA) is 31.6 Å². The molecule has 1 N–H and O–H groups in total. The smallest absolute Gasteiger partial charge is 0.390 e. The zero-order valence-electron chi connectivity index (χ0n) is 15.6. The van der Waals surface area contributed by atoms with Crippen LogP contribution in [0.5, 0.6) is 0 Å². The number of aliphatic hydroxyl groups excluding tert-OH is 1. The third-order valence-corrected chi connectivity index (χ3v) is 5.41. The normalized spacial score (nSPS) is 18.1. The SMILES string of the molecule is O[C@H](CN1CCN(CC(F)(F)F)CC1)Cn1c2ccccc2c2ccccc21. The van der Waals surface area contributed by atoms with Crippen molar-refractivity contribution in [1.29, 1.82) is 0 Å². The van der Waals surface area contributed by atoms with Gasteiger partial charge in [0.05, 0.1) is 19.2 Å². The molecule has 4 rings (SSSR count). The summed E-state index contributed by atoms with van der Waals surface area (Å²) in [5, 5.41) is 13.0. The Hall–Kier alpha value is -2.09. The molecule has 0 saturated carbocycles. The Bertz CT molecular complexity index is 892. The molecule has 28 heavy (non-hydrogen) atoms. The van der Waals surface area contributed by atoms with Gasteiger partial charge in [0.2, 0.25) is 0 Å². The number of fused-ring (bicyclic) bond motifs is 3. The van der Waals surface area contributed by atoms with Crippen molar-refractivity contribution in [3.8, 4) is 0 Å². The highest BCUT2D eigenvalue weighted by Crippen LogP contribution is 2.29. The first-order valence-electron chi connectivity index (χ1n) is 9.56. The van der Waals surface area contributed by atoms with Crippen molar-refractivity contribution in [3.63, 3.8) is 0 Å². The number of para-hydroxylation sites is 2. The summed E-state index contributed by atoms with van der Waals surface area (Å²) in [4.78, 5) is 3.47. The number of halogens is 3. The Morgan fingerprint density at radius 3 is 1.82 bits per heavy atom. The van der Waals surface area contributed by atoms with Gasteiger partial charge in [0, 0.05) is 54.5 Å². The predicted octanol–water partition coefficient (Wildman–Crippen LogP) is 3.34. The molecule has 0 radical (unpaired) electrons. The summed E-state index contributed by atoms with van der Waals surface area (Å²) in [6.07, 6.45) is -4.74. The second-order valence-electron chi connectivity index (χ2n) is 7.49. The molecule has 3 aromatic rings. The van der Waals surface area contributed by atoms with E-state index >= 15 is 0 Å². The van der Waals surface area contributed by atoms with E-state index in [0.29, 0.717) is 39.3 Å². The van der Waals surface area contributed by atoms with Gasteiger partial charge in [-0.05, 0) is 12.1 Å². The second kappa shape index (κ2) is 7.73. The quantitative estimate of drug-likeness (QED) is 0.724. The van der Waals surface area contributed by atoms with Gasteiger partial charge in [-0.15, -0.1) is 0 Å². The van der Waals surface area contributed by atoms with Crippen molar-refractivity contribution in [3.05, 3.63) is 48.5 Å². The number of hydrogen-bond acceptors (Lipinski definition) is 3. The number of alkyl halides is 3. The third-order valence-electron chi connectivity index (χ3n) is 5.41. The summed E-state index contributed by atoms with van der Waals surface area (Å²) in [6.45, 7) is 1.89. The molecule has 0 unspecified atom stereocenters. The maximum Gasteiger partial charge on any atom is 0.401 e. The standard InChI is InChI=1S/C21H24F3N3O/c22-21(23,24)15-26-11-9-25(10-12-26)13-16(28)14-27-19-7-3-1-5-17(19)18-6-2-4-8-20(18)27/h1-8,16,28H,9-15H2/t16-/m1/s1. The van der Waals surface area contributed by atoms with Crippen LogP contribution in [0.2, 0.25) is 0 Å². The first-order chi connectivity index (χ1) is 13.4. The van der Waals surface area contributed by atoms with Crippen LogP contribution in [-0.2, 0) is 6.54 Å². The van der Waals surface area contributed by atoms with Crippen LogP contribution in [0.1, 0.15) is 0 Å². The van der Waals surface area contributed by atoms with Gasteiger partial charge < -0.3 is 9.67 Å². The van der Waals surface area contributed by atoms with Crippen molar-refractivity contribution in [2.75, 3.05) is 39.3 Å². The summed E-state index contributed by atoms with van der Waals surface area (Å²) in [5.74, 6) is 0. The van der Waals surface area contributed by atoms with E-state index in [1.165, 1.54) is 4.90 Å². The summed E-state index contributed by atoms with van der Waals surface area (Å²) in [5.41, 5.74) is 2.16. The largest absolute Gasteiger partial charge is 0.401 e. The average Bonchev–Trinajstić information content (AvgIpc) is 2.97. The number of aliphatic hydroxyl groups is 1. The van der Waals surface area contributed by atoms with Gasteiger partial charge in [0.1, 0.15) is 0 Å². The third kappa shape index (κ3) is 4.16. The molecule has 7 heteroatoms. The van der Waals surface area contributed by atoms with Crippen molar-refractivity contribution in [2.45, 2.75) is 18.8 Å². The lowest BCUT2D eigenvalue weighted by atomic mass is 10.2. The van der Waals surface area contributed by atoms with E-state index in [1.807, 2.05) is 29.2 Å². The van der Waals surface area contributed by atoms with E-state index < -0.39 is 18.8 Å². The molecular weight excluding hydrogens is 367 g/mol. The van der Waals surface area contributed by atoms with E-state index in [-0.39, 0.29) is 0 Å². The summed E-state index contributed by atoms with van der Waals surface area (Å²) in [6, 6.07) is 16.3. The molecule has 0 aliphatic carbocycles. The Kier molecular flexibility index (Phi) is 5.31. The summed E-state index contributed by atoms with van der Waals surface area (Å²) >= 11 is 0. The molecule has 0 bridgehead atoms. The number of benzene rings is 2. The molecule has 2 heterocycles. The van der Waals surface area contributed by atoms with Gasteiger partial charge in [-0.25, -0.2) is 0 Å². The van der Waals surface area contributed by atoms with Gasteiger partial charge in [-0.2, -0.15) is 13.2 Å². The van der Waals surface area contributed by atoms with E-state index in [2.05, 4.69) is 28.8 Å². The van der Waals surface area contributed by atoms with E-state index in [1.54, 1.807) is 0 Å². The van der Waals surface area contributed by atoms with Crippen molar-refractivity contribution in [1.82, 2.24) is 14.4 Å². The lowest BCUT2D eigenvalue weighted by Crippen LogP contribution is -2.51. The number of aromatic nitrogens is 1. The van der Waals surface area contributed by atoms with Crippen molar-refractivity contribution in [2.24, 2.45) is 0 Å². The van der Waals surface area contributed by atoms with Crippen LogP contribution in [0.25, 0.3) is 21.8 Å². The molecule has 1 aliphatic rings. The monoisotopic (exact) mass is 391 g/mol. The molecule has 4 nitrogen and oxygen atoms in total. The van der Waals surface area contributed by atoms with Crippen LogP contribution >= 0.6 is 0 Å². The Labute approximate surface area is 161 Å². The fourth-order valence-corrected chi connectivity index (χ4v) is 4.15. The van der Waals surface area contributed by atoms with E-state index in [4.69, 9.17) is 0 Å². The Morgan fingerprint density at radius 2 is 1.29 bits per heavy atom. The van der Waals surface area contributed by atoms with E-state index in [0.717, 1.165) is 21.8 Å². The van der Waals surface area contributed by atoms with Crippen LogP contribution in [0.4, 0.5) is 13.2 Å². The number of hydrogen-bond donors (Lipinski definition) is 1. The molecular formula is C21H24F3N3O. The van der Waals surface area contributed by atoms with Crippen LogP contribution in [0.15, 0.2) is 48.5 Å². The number of β-amino-alcohol motifs (C(OH)–C–C–N with tert-alkyl or cyclic N) is 1. The fraction of sp³-hybridized carbons (Fsp3) is 0.429. The minimum Gasteiger partial charge on any atom is -0.390 e. The molecule has 0 spiro atoms. The highest BCUT2D eigenvalue weighted by Gasteiger charge is 2.32. The lowest BCUT2D eigenvalue weighted by molar-refractivity contribution is -0.149. The van der Waals surface area contributed by atoms with Gasteiger partial charge >= 0.3 is 6.18 Å². The first-order valence-corrected chi connectivity index (χ1v) is 9.56. The zero-order chi connectivity index (χ0) is 19.7. The molecule has 1 atom stereocenters. The van der Waals surface area contributed by atoms with Gasteiger partial charge in [-0.3, -0.25) is 9.80 Å². The highest BCUT2D eigenvalue weighted by atomic mass is 19.4. The molecule has 1 aliphatic heterocycles. The Balaban J connectivity index is 1.43. The molecule has 2 aromatic carbocycles. The Morgan fingerprint density at radius 1 is 0.786 bits per heavy atom. The van der Waals surface area contributed by atoms with Crippen molar-refractivity contribution < 1.29 is 18.3 Å². The zero-order valence-corrected chi connectivity index (χ0v) is 15.6. The fourth-order valence-electron chi connectivity index (χ4n) is 4.15.